The maximum atomic E-state index is 12.4. The lowest BCUT2D eigenvalue weighted by Gasteiger charge is -2.34. The van der Waals surface area contributed by atoms with E-state index in [1.807, 2.05) is 6.92 Å². The maximum Gasteiger partial charge on any atom is 0.293 e. The number of aryl methyl sites for hydroxylation is 1. The van der Waals surface area contributed by atoms with E-state index in [0.717, 1.165) is 12.8 Å². The number of rotatable bonds is 5. The van der Waals surface area contributed by atoms with Gasteiger partial charge in [-0.2, -0.15) is 0 Å². The van der Waals surface area contributed by atoms with Gasteiger partial charge in [-0.25, -0.2) is 4.98 Å². The topological polar surface area (TPSA) is 38.1 Å². The molecule has 1 fully saturated rings. The summed E-state index contributed by atoms with van der Waals surface area (Å²) in [5.41, 5.74) is 0.000639. The van der Waals surface area contributed by atoms with Gasteiger partial charge in [0.15, 0.2) is 5.82 Å². The second kappa shape index (κ2) is 6.94. The Morgan fingerprint density at radius 1 is 1.42 bits per heavy atom. The van der Waals surface area contributed by atoms with Crippen LogP contribution in [0.3, 0.4) is 0 Å². The first-order valence-corrected chi connectivity index (χ1v) is 7.69. The van der Waals surface area contributed by atoms with Gasteiger partial charge in [0.1, 0.15) is 0 Å². The van der Waals surface area contributed by atoms with Gasteiger partial charge in [0.2, 0.25) is 0 Å². The molecule has 1 heterocycles. The summed E-state index contributed by atoms with van der Waals surface area (Å²) in [6.45, 7) is 3.34. The first-order valence-electron chi connectivity index (χ1n) is 7.16. The highest BCUT2D eigenvalue weighted by Crippen LogP contribution is 2.24. The molecule has 1 aliphatic rings. The lowest BCUT2D eigenvalue weighted by molar-refractivity contribution is 0.415. The first-order chi connectivity index (χ1) is 9.27. The Balaban J connectivity index is 2.30. The Kier molecular flexibility index (Phi) is 5.25. The summed E-state index contributed by atoms with van der Waals surface area (Å²) in [7, 11) is 0. The predicted octanol–water partition coefficient (Wildman–Crippen LogP) is 2.64. The molecule has 0 aromatic carbocycles. The maximum absolute atomic E-state index is 12.4. The molecule has 0 unspecified atom stereocenters. The highest BCUT2D eigenvalue weighted by atomic mass is 35.5. The van der Waals surface area contributed by atoms with Crippen LogP contribution in [0.25, 0.3) is 0 Å². The Morgan fingerprint density at radius 3 is 2.79 bits per heavy atom. The fourth-order valence-electron chi connectivity index (χ4n) is 2.83. The summed E-state index contributed by atoms with van der Waals surface area (Å²) in [5, 5.41) is 0. The SMILES string of the molecule is CCn1ccnc(N(CCCl)C2CCCCC2)c1=O. The van der Waals surface area contributed by atoms with Crippen LogP contribution in [-0.2, 0) is 6.54 Å². The van der Waals surface area contributed by atoms with Crippen molar-refractivity contribution >= 4 is 17.4 Å². The van der Waals surface area contributed by atoms with Crippen LogP contribution in [0.2, 0.25) is 0 Å². The molecule has 1 aromatic heterocycles. The highest BCUT2D eigenvalue weighted by Gasteiger charge is 2.24. The molecule has 0 aliphatic heterocycles. The summed E-state index contributed by atoms with van der Waals surface area (Å²) >= 11 is 5.91. The third kappa shape index (κ3) is 3.30. The fourth-order valence-corrected chi connectivity index (χ4v) is 3.01. The number of hydrogen-bond acceptors (Lipinski definition) is 3. The van der Waals surface area contributed by atoms with E-state index in [9.17, 15) is 4.79 Å². The van der Waals surface area contributed by atoms with Crippen LogP contribution in [0, 0.1) is 0 Å². The Hall–Kier alpha value is -1.03. The van der Waals surface area contributed by atoms with Gasteiger partial charge in [-0.1, -0.05) is 19.3 Å². The van der Waals surface area contributed by atoms with E-state index < -0.39 is 0 Å². The Morgan fingerprint density at radius 2 is 2.16 bits per heavy atom. The van der Waals surface area contributed by atoms with E-state index >= 15 is 0 Å². The van der Waals surface area contributed by atoms with Gasteiger partial charge in [-0.15, -0.1) is 11.6 Å². The minimum absolute atomic E-state index is 0.000639. The Labute approximate surface area is 119 Å². The molecule has 1 saturated carbocycles. The number of halogens is 1. The molecule has 0 N–H and O–H groups in total. The molecular formula is C14H22ClN3O. The van der Waals surface area contributed by atoms with Crippen molar-refractivity contribution in [3.8, 4) is 0 Å². The second-order valence-electron chi connectivity index (χ2n) is 5.02. The third-order valence-electron chi connectivity index (χ3n) is 3.85. The molecule has 5 heteroatoms. The largest absolute Gasteiger partial charge is 0.348 e. The quantitative estimate of drug-likeness (QED) is 0.780. The van der Waals surface area contributed by atoms with Gasteiger partial charge in [0.05, 0.1) is 0 Å². The standard InChI is InChI=1S/C14H22ClN3O/c1-2-17-11-9-16-13(14(17)19)18(10-8-15)12-6-4-3-5-7-12/h9,11-12H,2-8,10H2,1H3. The van der Waals surface area contributed by atoms with Crippen LogP contribution in [-0.4, -0.2) is 28.0 Å². The van der Waals surface area contributed by atoms with Crippen molar-refractivity contribution in [2.45, 2.75) is 51.6 Å². The summed E-state index contributed by atoms with van der Waals surface area (Å²) < 4.78 is 1.70. The van der Waals surface area contributed by atoms with Crippen molar-refractivity contribution in [1.82, 2.24) is 9.55 Å². The van der Waals surface area contributed by atoms with E-state index in [1.54, 1.807) is 17.0 Å². The monoisotopic (exact) mass is 283 g/mol. The van der Waals surface area contributed by atoms with E-state index in [0.29, 0.717) is 30.8 Å². The molecule has 19 heavy (non-hydrogen) atoms. The van der Waals surface area contributed by atoms with Crippen LogP contribution < -0.4 is 10.5 Å². The van der Waals surface area contributed by atoms with E-state index in [4.69, 9.17) is 11.6 Å². The van der Waals surface area contributed by atoms with Gasteiger partial charge in [-0.05, 0) is 19.8 Å². The lowest BCUT2D eigenvalue weighted by Crippen LogP contribution is -2.42. The summed E-state index contributed by atoms with van der Waals surface area (Å²) in [4.78, 5) is 18.8. The lowest BCUT2D eigenvalue weighted by atomic mass is 9.94. The van der Waals surface area contributed by atoms with Crippen LogP contribution >= 0.6 is 11.6 Å². The van der Waals surface area contributed by atoms with E-state index in [-0.39, 0.29) is 5.56 Å². The molecule has 1 aromatic rings. The average Bonchev–Trinajstić information content (AvgIpc) is 2.46. The molecule has 4 nitrogen and oxygen atoms in total. The van der Waals surface area contributed by atoms with Gasteiger partial charge >= 0.3 is 0 Å². The highest BCUT2D eigenvalue weighted by molar-refractivity contribution is 6.18. The van der Waals surface area contributed by atoms with Gasteiger partial charge in [0, 0.05) is 37.4 Å². The zero-order chi connectivity index (χ0) is 13.7. The number of anilines is 1. The zero-order valence-electron chi connectivity index (χ0n) is 11.5. The van der Waals surface area contributed by atoms with Gasteiger partial charge < -0.3 is 9.47 Å². The molecular weight excluding hydrogens is 262 g/mol. The van der Waals surface area contributed by atoms with Crippen LogP contribution in [0.1, 0.15) is 39.0 Å². The number of nitrogens with zero attached hydrogens (tertiary/aromatic N) is 3. The molecule has 0 spiro atoms. The van der Waals surface area contributed by atoms with E-state index in [2.05, 4.69) is 9.88 Å². The summed E-state index contributed by atoms with van der Waals surface area (Å²) in [6, 6.07) is 0.417. The van der Waals surface area contributed by atoms with E-state index in [1.165, 1.54) is 19.3 Å². The van der Waals surface area contributed by atoms with Crippen LogP contribution in [0.5, 0.6) is 0 Å². The third-order valence-corrected chi connectivity index (χ3v) is 4.02. The van der Waals surface area contributed by atoms with Gasteiger partial charge in [-0.3, -0.25) is 4.79 Å². The van der Waals surface area contributed by atoms with Crippen molar-refractivity contribution in [2.24, 2.45) is 0 Å². The molecule has 0 amide bonds. The first kappa shape index (κ1) is 14.4. The summed E-state index contributed by atoms with van der Waals surface area (Å²) in [6.07, 6.45) is 9.50. The van der Waals surface area contributed by atoms with Crippen molar-refractivity contribution in [1.29, 1.82) is 0 Å². The number of hydrogen-bond donors (Lipinski definition) is 0. The van der Waals surface area contributed by atoms with Crippen LogP contribution in [0.4, 0.5) is 5.82 Å². The molecule has 0 radical (unpaired) electrons. The van der Waals surface area contributed by atoms with Crippen LogP contribution in [0.15, 0.2) is 17.2 Å². The van der Waals surface area contributed by atoms with Crippen molar-refractivity contribution in [3.63, 3.8) is 0 Å². The zero-order valence-corrected chi connectivity index (χ0v) is 12.3. The van der Waals surface area contributed by atoms with Crippen molar-refractivity contribution < 1.29 is 0 Å². The Bertz CT molecular complexity index is 454. The normalized spacial score (nSPS) is 16.5. The molecule has 0 atom stereocenters. The van der Waals surface area contributed by atoms with Crippen molar-refractivity contribution in [3.05, 3.63) is 22.7 Å². The molecule has 0 bridgehead atoms. The smallest absolute Gasteiger partial charge is 0.293 e. The van der Waals surface area contributed by atoms with Crippen molar-refractivity contribution in [2.75, 3.05) is 17.3 Å². The molecule has 0 saturated heterocycles. The summed E-state index contributed by atoms with van der Waals surface area (Å²) in [5.74, 6) is 1.09. The molecule has 1 aliphatic carbocycles. The van der Waals surface area contributed by atoms with Gasteiger partial charge in [0.25, 0.3) is 5.56 Å². The predicted molar refractivity (Wildman–Crippen MR) is 79.1 cm³/mol. The second-order valence-corrected chi connectivity index (χ2v) is 5.39. The average molecular weight is 284 g/mol. The minimum Gasteiger partial charge on any atom is -0.348 e. The molecule has 106 valence electrons. The minimum atomic E-state index is 0.000639. The number of aromatic nitrogens is 2. The fraction of sp³-hybridized carbons (Fsp3) is 0.714. The molecule has 2 rings (SSSR count). The number of alkyl halides is 1.